The second kappa shape index (κ2) is 6.55. The molecule has 1 aromatic carbocycles. The van der Waals surface area contributed by atoms with Crippen LogP contribution < -0.4 is 4.74 Å². The fraction of sp³-hybridized carbons (Fsp3) is 0.571. The first-order chi connectivity index (χ1) is 8.46. The van der Waals surface area contributed by atoms with Gasteiger partial charge in [-0.15, -0.1) is 0 Å². The number of aliphatic hydroxyl groups excluding tert-OH is 1. The SMILES string of the molecule is CCC(O)(CC)C(O)Cc1cc(Br)ccc1OC. The molecule has 0 aliphatic rings. The number of methoxy groups -OCH3 is 1. The molecule has 0 saturated heterocycles. The van der Waals surface area contributed by atoms with Gasteiger partial charge in [0.25, 0.3) is 0 Å². The molecule has 0 aliphatic heterocycles. The molecule has 1 aromatic rings. The van der Waals surface area contributed by atoms with Gasteiger partial charge in [0.15, 0.2) is 0 Å². The van der Waals surface area contributed by atoms with Crippen LogP contribution in [0.1, 0.15) is 32.3 Å². The van der Waals surface area contributed by atoms with Crippen molar-refractivity contribution in [3.05, 3.63) is 28.2 Å². The van der Waals surface area contributed by atoms with Gasteiger partial charge in [0.1, 0.15) is 5.75 Å². The topological polar surface area (TPSA) is 49.7 Å². The highest BCUT2D eigenvalue weighted by Crippen LogP contribution is 2.28. The zero-order chi connectivity index (χ0) is 13.8. The molecule has 1 rings (SSSR count). The lowest BCUT2D eigenvalue weighted by Gasteiger charge is -2.31. The molecule has 102 valence electrons. The van der Waals surface area contributed by atoms with Crippen molar-refractivity contribution in [2.75, 3.05) is 7.11 Å². The Labute approximate surface area is 117 Å². The van der Waals surface area contributed by atoms with Crippen molar-refractivity contribution in [2.24, 2.45) is 0 Å². The van der Waals surface area contributed by atoms with Gasteiger partial charge in [-0.2, -0.15) is 0 Å². The molecule has 0 fully saturated rings. The summed E-state index contributed by atoms with van der Waals surface area (Å²) in [6.07, 6.45) is 0.638. The van der Waals surface area contributed by atoms with E-state index in [9.17, 15) is 10.2 Å². The summed E-state index contributed by atoms with van der Waals surface area (Å²) in [5.41, 5.74) is -0.146. The summed E-state index contributed by atoms with van der Waals surface area (Å²) in [7, 11) is 1.60. The normalized spacial score (nSPS) is 13.4. The number of rotatable bonds is 6. The number of ether oxygens (including phenoxy) is 1. The van der Waals surface area contributed by atoms with Gasteiger partial charge >= 0.3 is 0 Å². The number of hydrogen-bond acceptors (Lipinski definition) is 3. The molecule has 0 bridgehead atoms. The van der Waals surface area contributed by atoms with Crippen LogP contribution in [0.2, 0.25) is 0 Å². The maximum atomic E-state index is 10.3. The second-order valence-electron chi connectivity index (χ2n) is 4.49. The highest BCUT2D eigenvalue weighted by Gasteiger charge is 2.32. The summed E-state index contributed by atoms with van der Waals surface area (Å²) in [6.45, 7) is 3.76. The molecule has 18 heavy (non-hydrogen) atoms. The largest absolute Gasteiger partial charge is 0.496 e. The smallest absolute Gasteiger partial charge is 0.122 e. The Hall–Kier alpha value is -0.580. The van der Waals surface area contributed by atoms with Crippen LogP contribution in [0.25, 0.3) is 0 Å². The van der Waals surface area contributed by atoms with Crippen LogP contribution in [0.4, 0.5) is 0 Å². The van der Waals surface area contributed by atoms with E-state index in [2.05, 4.69) is 15.9 Å². The van der Waals surface area contributed by atoms with Gasteiger partial charge in [-0.1, -0.05) is 29.8 Å². The van der Waals surface area contributed by atoms with Crippen LogP contribution in [-0.4, -0.2) is 29.0 Å². The maximum Gasteiger partial charge on any atom is 0.122 e. The lowest BCUT2D eigenvalue weighted by atomic mass is 9.87. The number of halogens is 1. The average Bonchev–Trinajstić information content (AvgIpc) is 2.38. The molecule has 1 atom stereocenters. The van der Waals surface area contributed by atoms with E-state index in [1.807, 2.05) is 32.0 Å². The summed E-state index contributed by atoms with van der Waals surface area (Å²) in [5, 5.41) is 20.5. The van der Waals surface area contributed by atoms with Crippen molar-refractivity contribution >= 4 is 15.9 Å². The van der Waals surface area contributed by atoms with Crippen LogP contribution >= 0.6 is 15.9 Å². The predicted octanol–water partition coefficient (Wildman–Crippen LogP) is 2.91. The van der Waals surface area contributed by atoms with Crippen LogP contribution in [0, 0.1) is 0 Å². The van der Waals surface area contributed by atoms with E-state index < -0.39 is 11.7 Å². The number of benzene rings is 1. The highest BCUT2D eigenvalue weighted by atomic mass is 79.9. The summed E-state index contributed by atoms with van der Waals surface area (Å²) in [4.78, 5) is 0. The van der Waals surface area contributed by atoms with Crippen LogP contribution in [0.3, 0.4) is 0 Å². The van der Waals surface area contributed by atoms with Crippen molar-refractivity contribution in [1.82, 2.24) is 0 Å². The van der Waals surface area contributed by atoms with Gasteiger partial charge in [0.2, 0.25) is 0 Å². The molecule has 2 N–H and O–H groups in total. The second-order valence-corrected chi connectivity index (χ2v) is 5.40. The van der Waals surface area contributed by atoms with Crippen molar-refractivity contribution in [3.8, 4) is 5.75 Å². The van der Waals surface area contributed by atoms with Gasteiger partial charge < -0.3 is 14.9 Å². The Bertz CT molecular complexity index is 389. The molecule has 0 amide bonds. The Morgan fingerprint density at radius 2 is 1.94 bits per heavy atom. The molecule has 0 aliphatic carbocycles. The van der Waals surface area contributed by atoms with Crippen LogP contribution in [0.5, 0.6) is 5.75 Å². The zero-order valence-corrected chi connectivity index (χ0v) is 12.7. The molecule has 0 heterocycles. The lowest BCUT2D eigenvalue weighted by Crippen LogP contribution is -2.42. The summed E-state index contributed by atoms with van der Waals surface area (Å²) < 4.78 is 6.20. The number of hydrogen-bond donors (Lipinski definition) is 2. The van der Waals surface area contributed by atoms with Crippen LogP contribution in [0.15, 0.2) is 22.7 Å². The Kier molecular flexibility index (Phi) is 5.63. The molecule has 0 spiro atoms. The number of aliphatic hydroxyl groups is 2. The van der Waals surface area contributed by atoms with Gasteiger partial charge in [-0.05, 0) is 36.6 Å². The molecule has 0 radical (unpaired) electrons. The van der Waals surface area contributed by atoms with Crippen molar-refractivity contribution in [1.29, 1.82) is 0 Å². The third kappa shape index (κ3) is 3.46. The first kappa shape index (κ1) is 15.5. The molecule has 0 saturated carbocycles. The molecule has 1 unspecified atom stereocenters. The van der Waals surface area contributed by atoms with E-state index >= 15 is 0 Å². The molecular formula is C14H21BrO3. The van der Waals surface area contributed by atoms with Gasteiger partial charge in [0, 0.05) is 10.9 Å². The van der Waals surface area contributed by atoms with Crippen molar-refractivity contribution in [3.63, 3.8) is 0 Å². The third-order valence-electron chi connectivity index (χ3n) is 3.50. The maximum absolute atomic E-state index is 10.3. The fourth-order valence-electron chi connectivity index (χ4n) is 2.03. The van der Waals surface area contributed by atoms with E-state index in [1.54, 1.807) is 7.11 Å². The average molecular weight is 317 g/mol. The van der Waals surface area contributed by atoms with Gasteiger partial charge in [-0.3, -0.25) is 0 Å². The van der Waals surface area contributed by atoms with E-state index in [0.717, 1.165) is 15.8 Å². The monoisotopic (exact) mass is 316 g/mol. The minimum atomic E-state index is -1.03. The van der Waals surface area contributed by atoms with E-state index in [0.29, 0.717) is 19.3 Å². The highest BCUT2D eigenvalue weighted by molar-refractivity contribution is 9.10. The van der Waals surface area contributed by atoms with Crippen LogP contribution in [-0.2, 0) is 6.42 Å². The summed E-state index contributed by atoms with van der Waals surface area (Å²) in [6, 6.07) is 5.65. The summed E-state index contributed by atoms with van der Waals surface area (Å²) in [5.74, 6) is 0.729. The van der Waals surface area contributed by atoms with E-state index in [1.165, 1.54) is 0 Å². The van der Waals surface area contributed by atoms with Gasteiger partial charge in [-0.25, -0.2) is 0 Å². The third-order valence-corrected chi connectivity index (χ3v) is 3.99. The Morgan fingerprint density at radius 3 is 2.44 bits per heavy atom. The van der Waals surface area contributed by atoms with Crippen molar-refractivity contribution < 1.29 is 14.9 Å². The zero-order valence-electron chi connectivity index (χ0n) is 11.1. The molecule has 3 nitrogen and oxygen atoms in total. The first-order valence-corrected chi connectivity index (χ1v) is 6.99. The minimum Gasteiger partial charge on any atom is -0.496 e. The standard InChI is InChI=1S/C14H21BrO3/c1-4-14(17,5-2)13(16)9-10-8-11(15)6-7-12(10)18-3/h6-8,13,16-17H,4-5,9H2,1-3H3. The quantitative estimate of drug-likeness (QED) is 0.848. The lowest BCUT2D eigenvalue weighted by molar-refractivity contribution is -0.0791. The molecule has 4 heteroatoms. The Balaban J connectivity index is 2.93. The summed E-state index contributed by atoms with van der Waals surface area (Å²) >= 11 is 3.40. The van der Waals surface area contributed by atoms with Gasteiger partial charge in [0.05, 0.1) is 18.8 Å². The fourth-order valence-corrected chi connectivity index (χ4v) is 2.43. The van der Waals surface area contributed by atoms with E-state index in [4.69, 9.17) is 4.74 Å². The minimum absolute atomic E-state index is 0.376. The molecule has 0 aromatic heterocycles. The molecular weight excluding hydrogens is 296 g/mol. The first-order valence-electron chi connectivity index (χ1n) is 6.19. The van der Waals surface area contributed by atoms with E-state index in [-0.39, 0.29) is 0 Å². The Morgan fingerprint density at radius 1 is 1.33 bits per heavy atom. The predicted molar refractivity (Wildman–Crippen MR) is 75.9 cm³/mol. The van der Waals surface area contributed by atoms with Crippen molar-refractivity contribution in [2.45, 2.75) is 44.8 Å².